The minimum absolute atomic E-state index is 0.0555. The molecule has 3 nitrogen and oxygen atoms in total. The fourth-order valence-electron chi connectivity index (χ4n) is 1.48. The first-order chi connectivity index (χ1) is 8.80. The van der Waals surface area contributed by atoms with Crippen molar-refractivity contribution in [3.63, 3.8) is 0 Å². The zero-order valence-electron chi connectivity index (χ0n) is 10.1. The molecule has 1 aromatic rings. The predicted octanol–water partition coefficient (Wildman–Crippen LogP) is 1.21. The lowest BCUT2D eigenvalue weighted by Crippen LogP contribution is -1.96. The molecule has 0 bridgehead atoms. The lowest BCUT2D eigenvalue weighted by molar-refractivity contribution is 0.328. The number of hydrogen-bond acceptors (Lipinski definition) is 3. The van der Waals surface area contributed by atoms with E-state index in [1.165, 1.54) is 0 Å². The summed E-state index contributed by atoms with van der Waals surface area (Å²) in [7, 11) is 0. The van der Waals surface area contributed by atoms with E-state index in [1.54, 1.807) is 6.08 Å². The minimum atomic E-state index is -0.182. The first kappa shape index (κ1) is 14.0. The summed E-state index contributed by atoms with van der Waals surface area (Å²) in [4.78, 5) is 0. The molecule has 0 amide bonds. The lowest BCUT2D eigenvalue weighted by Gasteiger charge is -2.04. The van der Waals surface area contributed by atoms with Crippen molar-refractivity contribution < 1.29 is 10.2 Å². The van der Waals surface area contributed by atoms with Crippen molar-refractivity contribution in [2.75, 3.05) is 13.2 Å². The van der Waals surface area contributed by atoms with Gasteiger partial charge >= 0.3 is 0 Å². The van der Waals surface area contributed by atoms with Crippen LogP contribution in [0.2, 0.25) is 0 Å². The normalized spacial score (nSPS) is 10.4. The van der Waals surface area contributed by atoms with E-state index in [9.17, 15) is 5.11 Å². The number of benzene rings is 1. The van der Waals surface area contributed by atoms with Crippen LogP contribution in [0.4, 0.5) is 0 Å². The first-order valence-electron chi connectivity index (χ1n) is 5.63. The number of nitrogens with zero attached hydrogens (tertiary/aromatic N) is 1. The van der Waals surface area contributed by atoms with E-state index >= 15 is 0 Å². The van der Waals surface area contributed by atoms with Crippen molar-refractivity contribution >= 4 is 0 Å². The average Bonchev–Trinajstić information content (AvgIpc) is 2.40. The number of aliphatic hydroxyl groups is 2. The zero-order valence-corrected chi connectivity index (χ0v) is 10.1. The molecule has 1 aromatic carbocycles. The van der Waals surface area contributed by atoms with Crippen molar-refractivity contribution in [1.29, 1.82) is 5.26 Å². The SMILES string of the molecule is N#CCc1ccc(C/C(=C\C#CCO)CO)cc1. The Morgan fingerprint density at radius 3 is 2.39 bits per heavy atom. The molecule has 0 spiro atoms. The molecule has 0 fully saturated rings. The molecule has 92 valence electrons. The number of allylic oxidation sites excluding steroid dienone is 1. The topological polar surface area (TPSA) is 64.2 Å². The van der Waals surface area contributed by atoms with Crippen LogP contribution >= 0.6 is 0 Å². The summed E-state index contributed by atoms with van der Waals surface area (Å²) in [6.07, 6.45) is 2.65. The smallest absolute Gasteiger partial charge is 0.104 e. The van der Waals surface area contributed by atoms with Gasteiger partial charge in [0.1, 0.15) is 6.61 Å². The van der Waals surface area contributed by atoms with Crippen LogP contribution in [0, 0.1) is 23.2 Å². The lowest BCUT2D eigenvalue weighted by atomic mass is 10.0. The third-order valence-corrected chi connectivity index (χ3v) is 2.40. The van der Waals surface area contributed by atoms with Gasteiger partial charge in [-0.05, 0) is 29.2 Å². The van der Waals surface area contributed by atoms with E-state index < -0.39 is 0 Å². The van der Waals surface area contributed by atoms with Crippen LogP contribution in [0.1, 0.15) is 11.1 Å². The van der Waals surface area contributed by atoms with Crippen LogP contribution in [0.15, 0.2) is 35.9 Å². The second-order valence-corrected chi connectivity index (χ2v) is 3.77. The van der Waals surface area contributed by atoms with Gasteiger partial charge in [-0.25, -0.2) is 0 Å². The summed E-state index contributed by atoms with van der Waals surface area (Å²) in [5.74, 6) is 5.18. The zero-order chi connectivity index (χ0) is 13.2. The number of aliphatic hydroxyl groups excluding tert-OH is 2. The van der Waals surface area contributed by atoms with Crippen molar-refractivity contribution in [2.24, 2.45) is 0 Å². The maximum Gasteiger partial charge on any atom is 0.104 e. The highest BCUT2D eigenvalue weighted by Gasteiger charge is 1.99. The standard InChI is InChI=1S/C15H15NO2/c16-9-8-13-4-6-14(7-5-13)11-15(12-18)3-1-2-10-17/h3-7,17-18H,8,10-12H2/b15-3+. The van der Waals surface area contributed by atoms with Crippen LogP contribution in [-0.4, -0.2) is 23.4 Å². The van der Waals surface area contributed by atoms with Crippen LogP contribution in [-0.2, 0) is 12.8 Å². The van der Waals surface area contributed by atoms with Gasteiger partial charge < -0.3 is 10.2 Å². The van der Waals surface area contributed by atoms with E-state index in [0.29, 0.717) is 12.8 Å². The summed E-state index contributed by atoms with van der Waals surface area (Å²) in [5.41, 5.74) is 2.84. The van der Waals surface area contributed by atoms with E-state index in [1.807, 2.05) is 24.3 Å². The van der Waals surface area contributed by atoms with Crippen molar-refractivity contribution in [3.05, 3.63) is 47.0 Å². The Kier molecular flexibility index (Phi) is 6.28. The van der Waals surface area contributed by atoms with Gasteiger partial charge in [0.2, 0.25) is 0 Å². The summed E-state index contributed by atoms with van der Waals surface area (Å²) < 4.78 is 0. The molecule has 0 aliphatic rings. The fourth-order valence-corrected chi connectivity index (χ4v) is 1.48. The van der Waals surface area contributed by atoms with Crippen molar-refractivity contribution in [3.8, 4) is 17.9 Å². The molecular weight excluding hydrogens is 226 g/mol. The number of nitriles is 1. The summed E-state index contributed by atoms with van der Waals surface area (Å²) in [6, 6.07) is 9.80. The van der Waals surface area contributed by atoms with Crippen LogP contribution in [0.3, 0.4) is 0 Å². The predicted molar refractivity (Wildman–Crippen MR) is 69.5 cm³/mol. The van der Waals surface area contributed by atoms with Crippen molar-refractivity contribution in [2.45, 2.75) is 12.8 Å². The van der Waals surface area contributed by atoms with Crippen LogP contribution in [0.5, 0.6) is 0 Å². The van der Waals surface area contributed by atoms with Gasteiger partial charge in [0.05, 0.1) is 19.1 Å². The molecule has 0 saturated heterocycles. The Balaban J connectivity index is 2.70. The van der Waals surface area contributed by atoms with E-state index in [0.717, 1.165) is 16.7 Å². The summed E-state index contributed by atoms with van der Waals surface area (Å²) >= 11 is 0. The fraction of sp³-hybridized carbons (Fsp3) is 0.267. The molecular formula is C15H15NO2. The average molecular weight is 241 g/mol. The molecule has 0 aromatic heterocycles. The molecule has 18 heavy (non-hydrogen) atoms. The van der Waals surface area contributed by atoms with E-state index in [2.05, 4.69) is 17.9 Å². The maximum absolute atomic E-state index is 9.18. The largest absolute Gasteiger partial charge is 0.392 e. The third-order valence-electron chi connectivity index (χ3n) is 2.40. The van der Waals surface area contributed by atoms with Gasteiger partial charge in [-0.3, -0.25) is 0 Å². The molecule has 0 saturated carbocycles. The minimum Gasteiger partial charge on any atom is -0.392 e. The molecule has 0 aliphatic heterocycles. The molecule has 0 radical (unpaired) electrons. The molecule has 0 unspecified atom stereocenters. The Bertz CT molecular complexity index is 498. The molecule has 1 rings (SSSR count). The molecule has 0 aliphatic carbocycles. The number of rotatable bonds is 4. The van der Waals surface area contributed by atoms with Gasteiger partial charge in [0, 0.05) is 0 Å². The van der Waals surface area contributed by atoms with Gasteiger partial charge in [0.15, 0.2) is 0 Å². The second-order valence-electron chi connectivity index (χ2n) is 3.77. The van der Waals surface area contributed by atoms with Gasteiger partial charge in [-0.15, -0.1) is 0 Å². The maximum atomic E-state index is 9.18. The Morgan fingerprint density at radius 2 is 1.83 bits per heavy atom. The van der Waals surface area contributed by atoms with E-state index in [4.69, 9.17) is 10.4 Å². The highest BCUT2D eigenvalue weighted by Crippen LogP contribution is 2.10. The summed E-state index contributed by atoms with van der Waals surface area (Å²) in [5, 5.41) is 26.3. The Hall–Kier alpha value is -2.07. The number of hydrogen-bond donors (Lipinski definition) is 2. The van der Waals surface area contributed by atoms with Crippen LogP contribution < -0.4 is 0 Å². The molecule has 2 N–H and O–H groups in total. The molecule has 0 atom stereocenters. The highest BCUT2D eigenvalue weighted by atomic mass is 16.3. The van der Waals surface area contributed by atoms with Crippen molar-refractivity contribution in [1.82, 2.24) is 0 Å². The quantitative estimate of drug-likeness (QED) is 0.779. The summed E-state index contributed by atoms with van der Waals surface area (Å²) in [6.45, 7) is -0.238. The molecule has 0 heterocycles. The van der Waals surface area contributed by atoms with Gasteiger partial charge in [-0.1, -0.05) is 36.1 Å². The van der Waals surface area contributed by atoms with Gasteiger partial charge in [0.25, 0.3) is 0 Å². The second kappa shape index (κ2) is 8.08. The van der Waals surface area contributed by atoms with Crippen LogP contribution in [0.25, 0.3) is 0 Å². The Morgan fingerprint density at radius 1 is 1.17 bits per heavy atom. The monoisotopic (exact) mass is 241 g/mol. The first-order valence-corrected chi connectivity index (χ1v) is 5.63. The van der Waals surface area contributed by atoms with Gasteiger partial charge in [-0.2, -0.15) is 5.26 Å². The third kappa shape index (κ3) is 4.84. The van der Waals surface area contributed by atoms with E-state index in [-0.39, 0.29) is 13.2 Å². The highest BCUT2D eigenvalue weighted by molar-refractivity contribution is 5.30. The molecule has 3 heteroatoms. The Labute approximate surface area is 107 Å².